The zero-order chi connectivity index (χ0) is 17.1. The molecule has 0 aliphatic carbocycles. The van der Waals surface area contributed by atoms with Gasteiger partial charge in [-0.05, 0) is 63.8 Å². The highest BCUT2D eigenvalue weighted by Crippen LogP contribution is 2.27. The van der Waals surface area contributed by atoms with Gasteiger partial charge in [0, 0.05) is 0 Å². The molecular formula is C15H22O6S. The fraction of sp³-hybridized carbons (Fsp3) is 0.533. The molecule has 1 rings (SSSR count). The van der Waals surface area contributed by atoms with Crippen LogP contribution >= 0.6 is 0 Å². The Balaban J connectivity index is 2.73. The molecule has 0 radical (unpaired) electrons. The summed E-state index contributed by atoms with van der Waals surface area (Å²) in [6.45, 7) is 6.91. The monoisotopic (exact) mass is 330 g/mol. The molecule has 6 nitrogen and oxygen atoms in total. The normalized spacial score (nSPS) is 12.2. The van der Waals surface area contributed by atoms with Crippen molar-refractivity contribution in [1.29, 1.82) is 0 Å². The van der Waals surface area contributed by atoms with Crippen LogP contribution in [0.2, 0.25) is 0 Å². The van der Waals surface area contributed by atoms with Crippen LogP contribution < -0.4 is 4.74 Å². The van der Waals surface area contributed by atoms with Gasteiger partial charge >= 0.3 is 5.97 Å². The second-order valence-corrected chi connectivity index (χ2v) is 7.39. The molecule has 0 saturated heterocycles. The molecule has 0 aromatic heterocycles. The Morgan fingerprint density at radius 2 is 1.82 bits per heavy atom. The van der Waals surface area contributed by atoms with Gasteiger partial charge in [-0.1, -0.05) is 0 Å². The lowest BCUT2D eigenvalue weighted by atomic mass is 9.88. The van der Waals surface area contributed by atoms with Gasteiger partial charge in [0.05, 0.1) is 16.9 Å². The van der Waals surface area contributed by atoms with E-state index in [-0.39, 0.29) is 4.90 Å². The number of ether oxygens (including phenoxy) is 1. The number of aryl methyl sites for hydroxylation is 2. The lowest BCUT2D eigenvalue weighted by molar-refractivity contribution is -0.147. The quantitative estimate of drug-likeness (QED) is 0.589. The van der Waals surface area contributed by atoms with E-state index in [4.69, 9.17) is 14.4 Å². The third-order valence-corrected chi connectivity index (χ3v) is 4.53. The maximum atomic E-state index is 11.2. The SMILES string of the molecule is Cc1cc(S(=O)(=O)O)c(C)cc1OCCCC(C)(C)C(=O)O. The average Bonchev–Trinajstić information content (AvgIpc) is 2.36. The molecule has 7 heteroatoms. The lowest BCUT2D eigenvalue weighted by Gasteiger charge is -2.19. The van der Waals surface area contributed by atoms with Crippen LogP contribution in [0.4, 0.5) is 0 Å². The van der Waals surface area contributed by atoms with Crippen LogP contribution in [0, 0.1) is 19.3 Å². The minimum absolute atomic E-state index is 0.135. The number of hydrogen-bond acceptors (Lipinski definition) is 4. The molecule has 2 N–H and O–H groups in total. The maximum absolute atomic E-state index is 11.2. The number of carboxylic acids is 1. The molecule has 0 aliphatic heterocycles. The fourth-order valence-electron chi connectivity index (χ4n) is 2.00. The van der Waals surface area contributed by atoms with Gasteiger partial charge in [0.15, 0.2) is 0 Å². The molecule has 124 valence electrons. The molecule has 0 aliphatic rings. The summed E-state index contributed by atoms with van der Waals surface area (Å²) in [6.07, 6.45) is 1.04. The van der Waals surface area contributed by atoms with Crippen LogP contribution in [0.25, 0.3) is 0 Å². The maximum Gasteiger partial charge on any atom is 0.309 e. The van der Waals surface area contributed by atoms with E-state index in [9.17, 15) is 13.2 Å². The van der Waals surface area contributed by atoms with Crippen molar-refractivity contribution in [3.8, 4) is 5.75 Å². The number of carbonyl (C=O) groups is 1. The zero-order valence-electron chi connectivity index (χ0n) is 13.2. The first-order valence-corrected chi connectivity index (χ1v) is 8.34. The van der Waals surface area contributed by atoms with E-state index >= 15 is 0 Å². The van der Waals surface area contributed by atoms with Gasteiger partial charge in [0.2, 0.25) is 0 Å². The topological polar surface area (TPSA) is 101 Å². The van der Waals surface area contributed by atoms with Gasteiger partial charge in [0.25, 0.3) is 10.1 Å². The van der Waals surface area contributed by atoms with E-state index in [1.165, 1.54) is 6.07 Å². The number of aliphatic carboxylic acids is 1. The van der Waals surface area contributed by atoms with Gasteiger partial charge in [-0.2, -0.15) is 8.42 Å². The third kappa shape index (κ3) is 4.71. The summed E-state index contributed by atoms with van der Waals surface area (Å²) < 4.78 is 37.1. The first kappa shape index (κ1) is 18.4. The van der Waals surface area contributed by atoms with Crippen molar-refractivity contribution < 1.29 is 27.6 Å². The van der Waals surface area contributed by atoms with Gasteiger partial charge < -0.3 is 9.84 Å². The Bertz CT molecular complexity index is 661. The van der Waals surface area contributed by atoms with E-state index in [2.05, 4.69) is 0 Å². The van der Waals surface area contributed by atoms with Crippen molar-refractivity contribution in [3.05, 3.63) is 23.3 Å². The summed E-state index contributed by atoms with van der Waals surface area (Å²) in [5.41, 5.74) is 0.188. The molecule has 0 heterocycles. The van der Waals surface area contributed by atoms with Crippen molar-refractivity contribution in [2.24, 2.45) is 5.41 Å². The molecule has 0 amide bonds. The molecule has 0 spiro atoms. The Morgan fingerprint density at radius 1 is 1.23 bits per heavy atom. The summed E-state index contributed by atoms with van der Waals surface area (Å²) >= 11 is 0. The van der Waals surface area contributed by atoms with Crippen molar-refractivity contribution in [2.75, 3.05) is 6.61 Å². The molecule has 0 fully saturated rings. The number of benzene rings is 1. The van der Waals surface area contributed by atoms with Gasteiger partial charge in [0.1, 0.15) is 5.75 Å². The third-order valence-electron chi connectivity index (χ3n) is 3.53. The Hall–Kier alpha value is -1.60. The van der Waals surface area contributed by atoms with Crippen LogP contribution in [0.5, 0.6) is 5.75 Å². The average molecular weight is 330 g/mol. The van der Waals surface area contributed by atoms with Crippen LogP contribution in [0.15, 0.2) is 17.0 Å². The predicted molar refractivity (Wildman–Crippen MR) is 81.9 cm³/mol. The van der Waals surface area contributed by atoms with Crippen LogP contribution in [-0.2, 0) is 14.9 Å². The predicted octanol–water partition coefficient (Wildman–Crippen LogP) is 2.82. The number of rotatable bonds is 7. The molecule has 0 bridgehead atoms. The highest BCUT2D eigenvalue weighted by Gasteiger charge is 2.26. The highest BCUT2D eigenvalue weighted by atomic mass is 32.2. The zero-order valence-corrected chi connectivity index (χ0v) is 14.0. The Kier molecular flexibility index (Phi) is 5.59. The van der Waals surface area contributed by atoms with Crippen LogP contribution in [0.1, 0.15) is 37.8 Å². The summed E-state index contributed by atoms with van der Waals surface area (Å²) in [5.74, 6) is -0.324. The standard InChI is InChI=1S/C15H22O6S/c1-10-9-13(22(18,19)20)11(2)8-12(10)21-7-5-6-15(3,4)14(16)17/h8-9H,5-7H2,1-4H3,(H,16,17)(H,18,19,20). The highest BCUT2D eigenvalue weighted by molar-refractivity contribution is 7.85. The molecule has 0 saturated carbocycles. The van der Waals surface area contributed by atoms with E-state index in [0.717, 1.165) is 0 Å². The van der Waals surface area contributed by atoms with E-state index in [1.54, 1.807) is 33.8 Å². The van der Waals surface area contributed by atoms with E-state index < -0.39 is 21.5 Å². The smallest absolute Gasteiger partial charge is 0.309 e. The second kappa shape index (κ2) is 6.66. The van der Waals surface area contributed by atoms with Crippen LogP contribution in [-0.4, -0.2) is 30.7 Å². The summed E-state index contributed by atoms with van der Waals surface area (Å²) in [6, 6.07) is 2.92. The van der Waals surface area contributed by atoms with Crippen molar-refractivity contribution in [2.45, 2.75) is 45.4 Å². The number of carboxylic acid groups (broad SMARTS) is 1. The second-order valence-electron chi connectivity index (χ2n) is 6.00. The molecule has 1 aromatic rings. The summed E-state index contributed by atoms with van der Waals surface area (Å²) in [7, 11) is -4.25. The fourth-order valence-corrected chi connectivity index (χ4v) is 2.79. The molecule has 22 heavy (non-hydrogen) atoms. The Morgan fingerprint density at radius 3 is 2.32 bits per heavy atom. The van der Waals surface area contributed by atoms with Gasteiger partial charge in [-0.25, -0.2) is 0 Å². The van der Waals surface area contributed by atoms with Crippen LogP contribution in [0.3, 0.4) is 0 Å². The van der Waals surface area contributed by atoms with E-state index in [0.29, 0.717) is 36.3 Å². The lowest BCUT2D eigenvalue weighted by Crippen LogP contribution is -2.24. The first-order valence-electron chi connectivity index (χ1n) is 6.90. The molecule has 0 unspecified atom stereocenters. The first-order chi connectivity index (χ1) is 9.95. The minimum atomic E-state index is -4.25. The minimum Gasteiger partial charge on any atom is -0.493 e. The summed E-state index contributed by atoms with van der Waals surface area (Å²) in [4.78, 5) is 10.9. The van der Waals surface area contributed by atoms with Crippen molar-refractivity contribution in [1.82, 2.24) is 0 Å². The van der Waals surface area contributed by atoms with Gasteiger partial charge in [-0.15, -0.1) is 0 Å². The van der Waals surface area contributed by atoms with Crippen molar-refractivity contribution >= 4 is 16.1 Å². The number of hydrogen-bond donors (Lipinski definition) is 2. The molecular weight excluding hydrogens is 308 g/mol. The van der Waals surface area contributed by atoms with Gasteiger partial charge in [-0.3, -0.25) is 9.35 Å². The molecule has 0 atom stereocenters. The Labute approximate surface area is 130 Å². The van der Waals surface area contributed by atoms with E-state index in [1.807, 2.05) is 0 Å². The largest absolute Gasteiger partial charge is 0.493 e. The summed E-state index contributed by atoms with van der Waals surface area (Å²) in [5, 5.41) is 9.02. The molecule has 1 aromatic carbocycles. The van der Waals surface area contributed by atoms with Crippen molar-refractivity contribution in [3.63, 3.8) is 0 Å².